The molecule has 0 saturated heterocycles. The lowest BCUT2D eigenvalue weighted by Crippen LogP contribution is -2.05. The van der Waals surface area contributed by atoms with Gasteiger partial charge in [0, 0.05) is 36.4 Å². The first-order chi connectivity index (χ1) is 29.3. The largest absolute Gasteiger partial charge is 0.497 e. The minimum Gasteiger partial charge on any atom is -0.497 e. The maximum Gasteiger partial charge on any atom is 0.124 e. The van der Waals surface area contributed by atoms with E-state index in [1.165, 1.54) is 11.1 Å². The van der Waals surface area contributed by atoms with Crippen LogP contribution in [0.5, 0.6) is 23.0 Å². The lowest BCUT2D eigenvalue weighted by atomic mass is 9.96. The summed E-state index contributed by atoms with van der Waals surface area (Å²) in [4.78, 5) is 29.6. The van der Waals surface area contributed by atoms with Crippen LogP contribution in [0, 0.1) is 27.7 Å². The predicted molar refractivity (Wildman–Crippen MR) is 250 cm³/mol. The first-order valence-corrected chi connectivity index (χ1v) is 20.1. The number of benzene rings is 4. The highest BCUT2D eigenvalue weighted by molar-refractivity contribution is 6.03. The summed E-state index contributed by atoms with van der Waals surface area (Å²) in [7, 11) is 6.50. The molecule has 61 heavy (non-hydrogen) atoms. The molecule has 6 rings (SSSR count). The van der Waals surface area contributed by atoms with E-state index in [0.717, 1.165) is 97.0 Å². The van der Waals surface area contributed by atoms with Crippen LogP contribution in [0.4, 0.5) is 22.7 Å². The van der Waals surface area contributed by atoms with E-state index in [2.05, 4.69) is 52.0 Å². The topological polar surface area (TPSA) is 112 Å². The number of methoxy groups -OCH3 is 4. The summed E-state index contributed by atoms with van der Waals surface area (Å²) in [6.45, 7) is 16.4. The van der Waals surface area contributed by atoms with E-state index in [4.69, 9.17) is 48.9 Å². The number of aryl methyl sites for hydroxylation is 4. The molecular formula is C51H54N6O4. The third-order valence-corrected chi connectivity index (χ3v) is 10.3. The Kier molecular flexibility index (Phi) is 13.9. The standard InChI is InChI=1S/C51H54N6O4/c1-30-19-38(20-31(2)50(30)54-36(7)48-17-13-15-46(56-48)34(5)52-40-24-42(58-9)28-43(25-40)59-10)23-39-21-32(3)51(33(4)22-39)55-37(8)49-18-14-16-47(57-49)35(6)53-41-26-44(60-11)29-45(27-41)61-12/h13-22,24-29H,23H2,1-12H3/b52-34+,53-35+,54-36+,55-37+. The van der Waals surface area contributed by atoms with Gasteiger partial charge in [-0.05, 0) is 119 Å². The van der Waals surface area contributed by atoms with Gasteiger partial charge in [-0.2, -0.15) is 0 Å². The molecule has 0 fully saturated rings. The third kappa shape index (κ3) is 10.8. The lowest BCUT2D eigenvalue weighted by Gasteiger charge is -2.13. The fraction of sp³-hybridized carbons (Fsp3) is 0.255. The van der Waals surface area contributed by atoms with Gasteiger partial charge in [-0.1, -0.05) is 36.4 Å². The quantitative estimate of drug-likeness (QED) is 0.101. The molecule has 2 heterocycles. The zero-order valence-corrected chi connectivity index (χ0v) is 37.3. The first kappa shape index (κ1) is 43.6. The summed E-state index contributed by atoms with van der Waals surface area (Å²) in [5.41, 5.74) is 16.6. The van der Waals surface area contributed by atoms with Gasteiger partial charge < -0.3 is 18.9 Å². The highest BCUT2D eigenvalue weighted by Gasteiger charge is 2.13. The van der Waals surface area contributed by atoms with Crippen LogP contribution >= 0.6 is 0 Å². The Morgan fingerprint density at radius 2 is 0.689 bits per heavy atom. The molecule has 312 valence electrons. The molecule has 0 aliphatic rings. The Bertz CT molecular complexity index is 2440. The van der Waals surface area contributed by atoms with E-state index in [1.54, 1.807) is 28.4 Å². The van der Waals surface area contributed by atoms with E-state index in [0.29, 0.717) is 23.0 Å². The van der Waals surface area contributed by atoms with Crippen LogP contribution in [0.15, 0.2) is 117 Å². The van der Waals surface area contributed by atoms with Crippen molar-refractivity contribution in [3.05, 3.63) is 153 Å². The normalized spacial score (nSPS) is 12.4. The second kappa shape index (κ2) is 19.4. The maximum atomic E-state index is 5.42. The Morgan fingerprint density at radius 3 is 0.967 bits per heavy atom. The van der Waals surface area contributed by atoms with E-state index < -0.39 is 0 Å². The Morgan fingerprint density at radius 1 is 0.410 bits per heavy atom. The van der Waals surface area contributed by atoms with Crippen LogP contribution in [0.2, 0.25) is 0 Å². The minimum absolute atomic E-state index is 0.675. The molecule has 0 unspecified atom stereocenters. The molecule has 10 heteroatoms. The number of aromatic nitrogens is 2. The molecule has 10 nitrogen and oxygen atoms in total. The molecule has 0 atom stereocenters. The Balaban J connectivity index is 1.18. The predicted octanol–water partition coefficient (Wildman–Crippen LogP) is 11.9. The van der Waals surface area contributed by atoms with Gasteiger partial charge >= 0.3 is 0 Å². The fourth-order valence-electron chi connectivity index (χ4n) is 7.22. The van der Waals surface area contributed by atoms with Gasteiger partial charge in [-0.25, -0.2) is 9.97 Å². The fourth-order valence-corrected chi connectivity index (χ4v) is 7.22. The van der Waals surface area contributed by atoms with Gasteiger partial charge in [0.05, 0.1) is 96.8 Å². The average Bonchev–Trinajstić information content (AvgIpc) is 3.25. The summed E-state index contributed by atoms with van der Waals surface area (Å²) < 4.78 is 21.7. The van der Waals surface area contributed by atoms with Gasteiger partial charge in [-0.3, -0.25) is 20.0 Å². The van der Waals surface area contributed by atoms with Crippen molar-refractivity contribution in [2.75, 3.05) is 28.4 Å². The van der Waals surface area contributed by atoms with Gasteiger partial charge in [0.1, 0.15) is 23.0 Å². The maximum absolute atomic E-state index is 5.42. The zero-order chi connectivity index (χ0) is 43.8. The molecule has 0 amide bonds. The van der Waals surface area contributed by atoms with Crippen molar-refractivity contribution in [2.45, 2.75) is 61.8 Å². The molecule has 0 radical (unpaired) electrons. The van der Waals surface area contributed by atoms with Crippen LogP contribution in [0.3, 0.4) is 0 Å². The molecule has 0 N–H and O–H groups in total. The van der Waals surface area contributed by atoms with Crippen LogP contribution in [-0.2, 0) is 6.42 Å². The van der Waals surface area contributed by atoms with Crippen molar-refractivity contribution in [1.82, 2.24) is 9.97 Å². The number of aliphatic imine (C=N–C) groups is 4. The van der Waals surface area contributed by atoms with Crippen molar-refractivity contribution < 1.29 is 18.9 Å². The van der Waals surface area contributed by atoms with Crippen molar-refractivity contribution >= 4 is 45.6 Å². The van der Waals surface area contributed by atoms with Crippen LogP contribution in [-0.4, -0.2) is 61.3 Å². The van der Waals surface area contributed by atoms with Crippen molar-refractivity contribution in [3.8, 4) is 23.0 Å². The number of pyridine rings is 2. The summed E-state index contributed by atoms with van der Waals surface area (Å²) >= 11 is 0. The summed E-state index contributed by atoms with van der Waals surface area (Å²) in [5.74, 6) is 2.70. The van der Waals surface area contributed by atoms with Gasteiger partial charge in [0.2, 0.25) is 0 Å². The van der Waals surface area contributed by atoms with Gasteiger partial charge in [0.25, 0.3) is 0 Å². The highest BCUT2D eigenvalue weighted by atomic mass is 16.5. The monoisotopic (exact) mass is 814 g/mol. The van der Waals surface area contributed by atoms with Crippen LogP contribution in [0.1, 0.15) is 83.9 Å². The molecule has 0 spiro atoms. The van der Waals surface area contributed by atoms with E-state index in [-0.39, 0.29) is 0 Å². The van der Waals surface area contributed by atoms with Crippen molar-refractivity contribution in [3.63, 3.8) is 0 Å². The van der Waals surface area contributed by atoms with Crippen LogP contribution in [0.25, 0.3) is 0 Å². The summed E-state index contributed by atoms with van der Waals surface area (Å²) in [5, 5.41) is 0. The number of nitrogens with zero attached hydrogens (tertiary/aromatic N) is 6. The smallest absolute Gasteiger partial charge is 0.124 e. The lowest BCUT2D eigenvalue weighted by molar-refractivity contribution is 0.394. The minimum atomic E-state index is 0.675. The van der Waals surface area contributed by atoms with Crippen molar-refractivity contribution in [1.29, 1.82) is 0 Å². The van der Waals surface area contributed by atoms with E-state index in [1.807, 2.05) is 100 Å². The summed E-state index contributed by atoms with van der Waals surface area (Å²) in [6.07, 6.45) is 0.790. The number of hydrogen-bond acceptors (Lipinski definition) is 10. The van der Waals surface area contributed by atoms with E-state index >= 15 is 0 Å². The second-order valence-electron chi connectivity index (χ2n) is 15.1. The number of ether oxygens (including phenoxy) is 4. The summed E-state index contributed by atoms with van der Waals surface area (Å²) in [6, 6.07) is 31.9. The third-order valence-electron chi connectivity index (χ3n) is 10.3. The van der Waals surface area contributed by atoms with Crippen molar-refractivity contribution in [2.24, 2.45) is 20.0 Å². The Labute approximate surface area is 359 Å². The van der Waals surface area contributed by atoms with Crippen LogP contribution < -0.4 is 18.9 Å². The van der Waals surface area contributed by atoms with E-state index in [9.17, 15) is 0 Å². The molecule has 0 bridgehead atoms. The number of rotatable bonds is 14. The first-order valence-electron chi connectivity index (χ1n) is 20.1. The zero-order valence-electron chi connectivity index (χ0n) is 37.3. The highest BCUT2D eigenvalue weighted by Crippen LogP contribution is 2.32. The molecule has 4 aromatic carbocycles. The average molecular weight is 815 g/mol. The van der Waals surface area contributed by atoms with Gasteiger partial charge in [0.15, 0.2) is 0 Å². The van der Waals surface area contributed by atoms with Gasteiger partial charge in [-0.15, -0.1) is 0 Å². The molecule has 0 aliphatic heterocycles. The second-order valence-corrected chi connectivity index (χ2v) is 15.1. The molecule has 0 saturated carbocycles. The molecular weight excluding hydrogens is 761 g/mol. The SMILES string of the molecule is COc1cc(/N=C(\C)c2cccc(/C(C)=N/c3c(C)cc(Cc4cc(C)c(/N=C(\C)c5cccc(/C(C)=N/c6cc(OC)cc(OC)c6)n5)c(C)c4)cc3C)n2)cc(OC)c1. The molecule has 0 aliphatic carbocycles. The molecule has 6 aromatic rings. The number of hydrogen-bond donors (Lipinski definition) is 0. The molecule has 2 aromatic heterocycles. The Hall–Kier alpha value is -6.94.